The molecule has 2 heterocycles. The van der Waals surface area contributed by atoms with Gasteiger partial charge in [-0.2, -0.15) is 13.1 Å². The fraction of sp³-hybridized carbons (Fsp3) is 0.455. The second-order valence-electron chi connectivity index (χ2n) is 7.56. The van der Waals surface area contributed by atoms with Crippen LogP contribution in [0.1, 0.15) is 31.2 Å². The second-order valence-corrected chi connectivity index (χ2v) is 10.5. The molecule has 11 heteroatoms. The first-order valence-corrected chi connectivity index (χ1v) is 13.2. The minimum atomic E-state index is -3.54. The smallest absolute Gasteiger partial charge is 0.387 e. The fourth-order valence-electron chi connectivity index (χ4n) is 3.41. The van der Waals surface area contributed by atoms with Gasteiger partial charge in [0.1, 0.15) is 10.6 Å². The first-order valence-electron chi connectivity index (χ1n) is 10.7. The Morgan fingerprint density at radius 1 is 1.09 bits per heavy atom. The highest BCUT2D eigenvalue weighted by Crippen LogP contribution is 2.22. The third-order valence-corrected chi connectivity index (χ3v) is 7.97. The van der Waals surface area contributed by atoms with Crippen LogP contribution in [-0.4, -0.2) is 55.6 Å². The molecule has 33 heavy (non-hydrogen) atoms. The van der Waals surface area contributed by atoms with Crippen LogP contribution in [0.15, 0.2) is 52.5 Å². The lowest BCUT2D eigenvalue weighted by molar-refractivity contribution is -0.118. The number of thioether (sulfide) groups is 1. The molecule has 1 amide bonds. The number of alkyl halides is 2. The van der Waals surface area contributed by atoms with E-state index < -0.39 is 16.6 Å². The van der Waals surface area contributed by atoms with E-state index in [0.29, 0.717) is 31.1 Å². The van der Waals surface area contributed by atoms with E-state index in [9.17, 15) is 22.0 Å². The summed E-state index contributed by atoms with van der Waals surface area (Å²) in [5.74, 6) is 0.0551. The van der Waals surface area contributed by atoms with Crippen LogP contribution in [0, 0.1) is 0 Å². The molecule has 1 fully saturated rings. The zero-order valence-corrected chi connectivity index (χ0v) is 19.7. The molecular weight excluding hydrogens is 472 g/mol. The molecule has 3 rings (SSSR count). The Kier molecular flexibility index (Phi) is 9.45. The van der Waals surface area contributed by atoms with Crippen molar-refractivity contribution in [3.8, 4) is 5.75 Å². The van der Waals surface area contributed by atoms with Crippen molar-refractivity contribution in [2.24, 2.45) is 0 Å². The molecule has 2 aromatic rings. The highest BCUT2D eigenvalue weighted by molar-refractivity contribution is 7.99. The third-order valence-electron chi connectivity index (χ3n) is 5.15. The topological polar surface area (TPSA) is 88.6 Å². The summed E-state index contributed by atoms with van der Waals surface area (Å²) in [6.45, 7) is -1.39. The Hall–Kier alpha value is -2.24. The normalized spacial score (nSPS) is 15.2. The summed E-state index contributed by atoms with van der Waals surface area (Å²) in [7, 11) is -3.54. The van der Waals surface area contributed by atoms with Gasteiger partial charge in [0.2, 0.25) is 15.9 Å². The number of hydrogen-bond donors (Lipinski definition) is 1. The largest absolute Gasteiger partial charge is 0.435 e. The molecular formula is C22H27F2N3O4S2. The second kappa shape index (κ2) is 12.3. The van der Waals surface area contributed by atoms with Crippen LogP contribution in [0.25, 0.3) is 0 Å². The summed E-state index contributed by atoms with van der Waals surface area (Å²) in [5, 5.41) is 3.36. The lowest BCUT2D eigenvalue weighted by Crippen LogP contribution is -2.32. The highest BCUT2D eigenvalue weighted by atomic mass is 32.2. The number of hydrogen-bond acceptors (Lipinski definition) is 6. The number of halogens is 2. The average Bonchev–Trinajstić information content (AvgIpc) is 3.09. The summed E-state index contributed by atoms with van der Waals surface area (Å²) in [5.41, 5.74) is 0.882. The number of pyridine rings is 1. The van der Waals surface area contributed by atoms with Gasteiger partial charge in [0.05, 0.1) is 10.8 Å². The zero-order chi connectivity index (χ0) is 23.7. The maximum Gasteiger partial charge on any atom is 0.387 e. The molecule has 1 saturated heterocycles. The van der Waals surface area contributed by atoms with E-state index in [-0.39, 0.29) is 22.3 Å². The van der Waals surface area contributed by atoms with Crippen LogP contribution in [-0.2, 0) is 21.2 Å². The molecule has 0 radical (unpaired) electrons. The lowest BCUT2D eigenvalue weighted by Gasteiger charge is -2.19. The highest BCUT2D eigenvalue weighted by Gasteiger charge is 2.25. The van der Waals surface area contributed by atoms with Gasteiger partial charge in [0.15, 0.2) is 0 Å². The van der Waals surface area contributed by atoms with Gasteiger partial charge in [-0.05, 0) is 49.1 Å². The Labute approximate surface area is 197 Å². The van der Waals surface area contributed by atoms with Crippen molar-refractivity contribution in [1.82, 2.24) is 14.6 Å². The van der Waals surface area contributed by atoms with E-state index in [1.807, 2.05) is 0 Å². The van der Waals surface area contributed by atoms with E-state index in [1.54, 1.807) is 18.2 Å². The summed E-state index contributed by atoms with van der Waals surface area (Å²) in [6.07, 6.45) is 5.73. The Bertz CT molecular complexity index is 995. The fourth-order valence-corrected chi connectivity index (χ4v) is 5.55. The number of nitrogens with one attached hydrogen (secondary N) is 1. The third kappa shape index (κ3) is 7.94. The molecule has 7 nitrogen and oxygen atoms in total. The summed E-state index contributed by atoms with van der Waals surface area (Å²) >= 11 is 1.22. The van der Waals surface area contributed by atoms with Gasteiger partial charge in [0.25, 0.3) is 0 Å². The van der Waals surface area contributed by atoms with Gasteiger partial charge in [-0.1, -0.05) is 36.7 Å². The van der Waals surface area contributed by atoms with Gasteiger partial charge in [-0.25, -0.2) is 13.4 Å². The van der Waals surface area contributed by atoms with Crippen LogP contribution in [0.2, 0.25) is 0 Å². The van der Waals surface area contributed by atoms with Crippen molar-refractivity contribution in [2.75, 3.05) is 25.4 Å². The Morgan fingerprint density at radius 2 is 1.79 bits per heavy atom. The maximum absolute atomic E-state index is 12.8. The van der Waals surface area contributed by atoms with E-state index in [4.69, 9.17) is 0 Å². The molecule has 0 bridgehead atoms. The van der Waals surface area contributed by atoms with E-state index in [0.717, 1.165) is 31.2 Å². The van der Waals surface area contributed by atoms with Crippen molar-refractivity contribution in [3.63, 3.8) is 0 Å². The minimum absolute atomic E-state index is 0.0898. The molecule has 0 atom stereocenters. The number of sulfonamides is 1. The summed E-state index contributed by atoms with van der Waals surface area (Å²) < 4.78 is 55.7. The number of ether oxygens (including phenoxy) is 1. The Balaban J connectivity index is 1.42. The van der Waals surface area contributed by atoms with Gasteiger partial charge in [0, 0.05) is 25.8 Å². The number of benzene rings is 1. The van der Waals surface area contributed by atoms with Crippen molar-refractivity contribution in [2.45, 2.75) is 48.6 Å². The molecule has 1 aromatic heterocycles. The number of nitrogens with zero attached hydrogens (tertiary/aromatic N) is 2. The molecule has 1 aliphatic rings. The van der Waals surface area contributed by atoms with Crippen LogP contribution in [0.3, 0.4) is 0 Å². The summed E-state index contributed by atoms with van der Waals surface area (Å²) in [4.78, 5) is 16.5. The van der Waals surface area contributed by atoms with Crippen LogP contribution >= 0.6 is 11.8 Å². The van der Waals surface area contributed by atoms with Crippen molar-refractivity contribution >= 4 is 27.7 Å². The van der Waals surface area contributed by atoms with Gasteiger partial charge in [-0.3, -0.25) is 4.79 Å². The predicted octanol–water partition coefficient (Wildman–Crippen LogP) is 3.70. The number of carbonyl (C=O) groups excluding carboxylic acids is 1. The van der Waals surface area contributed by atoms with Crippen LogP contribution in [0.4, 0.5) is 8.78 Å². The molecule has 0 saturated carbocycles. The number of amides is 1. The molecule has 1 aromatic carbocycles. The van der Waals surface area contributed by atoms with Crippen molar-refractivity contribution in [1.29, 1.82) is 0 Å². The molecule has 0 spiro atoms. The van der Waals surface area contributed by atoms with E-state index >= 15 is 0 Å². The molecule has 180 valence electrons. The van der Waals surface area contributed by atoms with Crippen LogP contribution < -0.4 is 10.1 Å². The number of carbonyl (C=O) groups is 1. The average molecular weight is 500 g/mol. The zero-order valence-electron chi connectivity index (χ0n) is 18.1. The number of rotatable bonds is 10. The van der Waals surface area contributed by atoms with Gasteiger partial charge in [-0.15, -0.1) is 0 Å². The van der Waals surface area contributed by atoms with Crippen molar-refractivity contribution in [3.05, 3.63) is 48.2 Å². The summed E-state index contributed by atoms with van der Waals surface area (Å²) in [6, 6.07) is 9.41. The monoisotopic (exact) mass is 499 g/mol. The predicted molar refractivity (Wildman–Crippen MR) is 122 cm³/mol. The molecule has 0 unspecified atom stereocenters. The molecule has 0 aliphatic carbocycles. The van der Waals surface area contributed by atoms with Gasteiger partial charge < -0.3 is 10.1 Å². The first-order chi connectivity index (χ1) is 15.8. The van der Waals surface area contributed by atoms with Gasteiger partial charge >= 0.3 is 6.61 Å². The molecule has 1 aliphatic heterocycles. The van der Waals surface area contributed by atoms with Crippen LogP contribution in [0.5, 0.6) is 5.75 Å². The quantitative estimate of drug-likeness (QED) is 0.502. The van der Waals surface area contributed by atoms with Crippen molar-refractivity contribution < 1.29 is 26.7 Å². The van der Waals surface area contributed by atoms with E-state index in [2.05, 4.69) is 15.0 Å². The SMILES string of the molecule is O=C(CSc1ccc(S(=O)(=O)N2CCCCCC2)cn1)NCCc1ccc(OC(F)F)cc1. The maximum atomic E-state index is 12.8. The lowest BCUT2D eigenvalue weighted by atomic mass is 10.1. The minimum Gasteiger partial charge on any atom is -0.435 e. The van der Waals surface area contributed by atoms with E-state index in [1.165, 1.54) is 40.5 Å². The number of aromatic nitrogens is 1. The molecule has 1 N–H and O–H groups in total. The standard InChI is InChI=1S/C22H27F2N3O4S2/c23-22(24)31-18-7-5-17(6-8-18)11-12-25-20(28)16-32-21-10-9-19(15-26-21)33(29,30)27-13-3-1-2-4-14-27/h5-10,15,22H,1-4,11-14,16H2,(H,25,28). The Morgan fingerprint density at radius 3 is 2.39 bits per heavy atom. The first kappa shape index (κ1) is 25.4.